The molecule has 4 heteroatoms. The van der Waals surface area contributed by atoms with Gasteiger partial charge in [0.15, 0.2) is 0 Å². The molecule has 1 aromatic heterocycles. The van der Waals surface area contributed by atoms with Crippen molar-refractivity contribution in [3.63, 3.8) is 0 Å². The Morgan fingerprint density at radius 1 is 1.00 bits per heavy atom. The molecule has 23 heavy (non-hydrogen) atoms. The number of benzene rings is 2. The molecule has 3 aromatic rings. The number of aryl methyl sites for hydroxylation is 1. The van der Waals surface area contributed by atoms with E-state index in [-0.39, 0.29) is 0 Å². The van der Waals surface area contributed by atoms with Gasteiger partial charge in [0.2, 0.25) is 0 Å². The molecule has 0 fully saturated rings. The van der Waals surface area contributed by atoms with Crippen LogP contribution in [0.15, 0.2) is 59.0 Å². The van der Waals surface area contributed by atoms with Crippen LogP contribution in [-0.4, -0.2) is 11.5 Å². The van der Waals surface area contributed by atoms with E-state index in [0.717, 1.165) is 44.8 Å². The van der Waals surface area contributed by atoms with Crippen molar-refractivity contribution in [2.75, 3.05) is 11.5 Å². The molecule has 118 valence electrons. The highest BCUT2D eigenvalue weighted by Gasteiger charge is 2.19. The second-order valence-corrected chi connectivity index (χ2v) is 6.56. The molecular weight excluding hydrogens is 423 g/mol. The van der Waals surface area contributed by atoms with Gasteiger partial charge in [-0.05, 0) is 24.3 Å². The minimum absolute atomic E-state index is 0.680. The van der Waals surface area contributed by atoms with Gasteiger partial charge >= 0.3 is 0 Å². The third-order valence-corrected chi connectivity index (χ3v) is 4.51. The molecule has 2 nitrogen and oxygen atoms in total. The van der Waals surface area contributed by atoms with E-state index in [9.17, 15) is 0 Å². The predicted molar refractivity (Wildman–Crippen MR) is 104 cm³/mol. The van der Waals surface area contributed by atoms with E-state index in [2.05, 4.69) is 28.7 Å². The van der Waals surface area contributed by atoms with Crippen molar-refractivity contribution in [2.24, 2.45) is 0 Å². The average molecular weight is 439 g/mol. The van der Waals surface area contributed by atoms with Crippen LogP contribution in [0.5, 0.6) is 5.75 Å². The Morgan fingerprint density at radius 2 is 1.70 bits per heavy atom. The Kier molecular flexibility index (Phi) is 5.28. The van der Waals surface area contributed by atoms with E-state index in [1.54, 1.807) is 7.11 Å². The summed E-state index contributed by atoms with van der Waals surface area (Å²) in [6.45, 7) is 0. The largest absolute Gasteiger partial charge is 0.496 e. The molecule has 0 amide bonds. The van der Waals surface area contributed by atoms with Gasteiger partial charge in [-0.2, -0.15) is 0 Å². The molecule has 3 rings (SSSR count). The molecule has 0 N–H and O–H groups in total. The summed E-state index contributed by atoms with van der Waals surface area (Å²) >= 11 is 8.74. The lowest BCUT2D eigenvalue weighted by Crippen LogP contribution is -1.88. The average Bonchev–Trinajstić information content (AvgIpc) is 2.99. The fourth-order valence-electron chi connectivity index (χ4n) is 2.57. The van der Waals surface area contributed by atoms with E-state index in [4.69, 9.17) is 20.8 Å². The molecule has 1 heterocycles. The first-order valence-electron chi connectivity index (χ1n) is 7.31. The monoisotopic (exact) mass is 438 g/mol. The highest BCUT2D eigenvalue weighted by atomic mass is 127. The number of hydrogen-bond donors (Lipinski definition) is 0. The van der Waals surface area contributed by atoms with Gasteiger partial charge in [-0.25, -0.2) is 0 Å². The van der Waals surface area contributed by atoms with Gasteiger partial charge in [-0.1, -0.05) is 64.5 Å². The number of hydrogen-bond acceptors (Lipinski definition) is 2. The van der Waals surface area contributed by atoms with Gasteiger partial charge in [-0.15, -0.1) is 0 Å². The fraction of sp³-hybridized carbons (Fsp3) is 0.158. The van der Waals surface area contributed by atoms with E-state index < -0.39 is 0 Å². The van der Waals surface area contributed by atoms with Gasteiger partial charge < -0.3 is 9.15 Å². The summed E-state index contributed by atoms with van der Waals surface area (Å²) in [6.07, 6.45) is 0.882. The number of para-hydroxylation sites is 1. The van der Waals surface area contributed by atoms with Crippen molar-refractivity contribution in [3.05, 3.63) is 65.4 Å². The van der Waals surface area contributed by atoms with Crippen LogP contribution in [0.2, 0.25) is 5.02 Å². The zero-order valence-corrected chi connectivity index (χ0v) is 15.6. The molecule has 0 spiro atoms. The first-order valence-corrected chi connectivity index (χ1v) is 9.22. The lowest BCUT2D eigenvalue weighted by atomic mass is 10.0. The minimum atomic E-state index is 0.680. The Hall–Kier alpha value is -1.46. The van der Waals surface area contributed by atoms with Gasteiger partial charge in [-0.3, -0.25) is 0 Å². The van der Waals surface area contributed by atoms with Crippen LogP contribution in [0, 0.1) is 0 Å². The maximum absolute atomic E-state index is 6.39. The van der Waals surface area contributed by atoms with E-state index >= 15 is 0 Å². The van der Waals surface area contributed by atoms with Crippen molar-refractivity contribution in [2.45, 2.75) is 6.42 Å². The second-order valence-electron chi connectivity index (χ2n) is 5.07. The lowest BCUT2D eigenvalue weighted by Gasteiger charge is -2.09. The topological polar surface area (TPSA) is 22.4 Å². The van der Waals surface area contributed by atoms with E-state index in [1.165, 1.54) is 0 Å². The number of ether oxygens (including phenoxy) is 1. The summed E-state index contributed by atoms with van der Waals surface area (Å²) in [5.41, 5.74) is 2.92. The summed E-state index contributed by atoms with van der Waals surface area (Å²) in [5.74, 6) is 2.57. The second kappa shape index (κ2) is 7.41. The lowest BCUT2D eigenvalue weighted by molar-refractivity contribution is 0.416. The zero-order chi connectivity index (χ0) is 16.2. The molecule has 0 aliphatic heterocycles. The van der Waals surface area contributed by atoms with E-state index in [1.807, 2.05) is 48.5 Å². The molecule has 0 radical (unpaired) electrons. The number of rotatable bonds is 5. The molecule has 0 atom stereocenters. The maximum Gasteiger partial charge on any atom is 0.143 e. The SMILES string of the molecule is COc1ccccc1-c1cc(CCI)oc1-c1ccccc1Cl. The number of halogens is 2. The van der Waals surface area contributed by atoms with Crippen molar-refractivity contribution in [1.82, 2.24) is 0 Å². The first kappa shape index (κ1) is 16.4. The number of alkyl halides is 1. The Bertz CT molecular complexity index is 811. The Morgan fingerprint density at radius 3 is 2.39 bits per heavy atom. The van der Waals surface area contributed by atoms with Crippen molar-refractivity contribution in [1.29, 1.82) is 0 Å². The summed E-state index contributed by atoms with van der Waals surface area (Å²) in [5, 5.41) is 0.680. The van der Waals surface area contributed by atoms with Gasteiger partial charge in [0.1, 0.15) is 17.3 Å². The zero-order valence-electron chi connectivity index (χ0n) is 12.7. The minimum Gasteiger partial charge on any atom is -0.496 e. The van der Waals surface area contributed by atoms with Crippen LogP contribution in [0.1, 0.15) is 5.76 Å². The molecule has 0 bridgehead atoms. The highest BCUT2D eigenvalue weighted by molar-refractivity contribution is 14.1. The normalized spacial score (nSPS) is 10.7. The van der Waals surface area contributed by atoms with Crippen LogP contribution < -0.4 is 4.74 Å². The molecule has 0 saturated carbocycles. The molecule has 0 aliphatic rings. The van der Waals surface area contributed by atoms with Crippen LogP contribution in [-0.2, 0) is 6.42 Å². The van der Waals surface area contributed by atoms with Gasteiger partial charge in [0, 0.05) is 27.5 Å². The predicted octanol–water partition coefficient (Wildman–Crippen LogP) is 6.25. The van der Waals surface area contributed by atoms with Crippen molar-refractivity contribution < 1.29 is 9.15 Å². The van der Waals surface area contributed by atoms with Crippen LogP contribution in [0.3, 0.4) is 0 Å². The molecule has 0 unspecified atom stereocenters. The first-order chi connectivity index (χ1) is 11.2. The van der Waals surface area contributed by atoms with Gasteiger partial charge in [0.05, 0.1) is 12.1 Å². The molecule has 2 aromatic carbocycles. The standard InChI is InChI=1S/C19H16ClIO2/c1-22-18-9-5-3-6-14(18)16-12-13(10-11-21)23-19(16)15-7-2-4-8-17(15)20/h2-9,12H,10-11H2,1H3. The Labute approximate surface area is 154 Å². The third kappa shape index (κ3) is 3.40. The Balaban J connectivity index is 2.21. The summed E-state index contributed by atoms with van der Waals surface area (Å²) in [7, 11) is 1.68. The molecule has 0 aliphatic carbocycles. The van der Waals surface area contributed by atoms with Crippen LogP contribution >= 0.6 is 34.2 Å². The number of furan rings is 1. The quantitative estimate of drug-likeness (QED) is 0.347. The van der Waals surface area contributed by atoms with Gasteiger partial charge in [0.25, 0.3) is 0 Å². The smallest absolute Gasteiger partial charge is 0.143 e. The van der Waals surface area contributed by atoms with Crippen molar-refractivity contribution >= 4 is 34.2 Å². The van der Waals surface area contributed by atoms with E-state index in [0.29, 0.717) is 5.02 Å². The van der Waals surface area contributed by atoms with Crippen LogP contribution in [0.4, 0.5) is 0 Å². The van der Waals surface area contributed by atoms with Crippen LogP contribution in [0.25, 0.3) is 22.5 Å². The number of methoxy groups -OCH3 is 1. The third-order valence-electron chi connectivity index (χ3n) is 3.64. The van der Waals surface area contributed by atoms with Crippen molar-refractivity contribution in [3.8, 4) is 28.2 Å². The summed E-state index contributed by atoms with van der Waals surface area (Å²) in [6, 6.07) is 17.8. The highest BCUT2D eigenvalue weighted by Crippen LogP contribution is 2.41. The summed E-state index contributed by atoms with van der Waals surface area (Å²) in [4.78, 5) is 0. The summed E-state index contributed by atoms with van der Waals surface area (Å²) < 4.78 is 12.6. The fourth-order valence-corrected chi connectivity index (χ4v) is 3.32. The maximum atomic E-state index is 6.39. The molecular formula is C19H16ClIO2. The molecule has 0 saturated heterocycles.